The molecule has 5 nitrogen and oxygen atoms in total. The number of benzene rings is 1. The summed E-state index contributed by atoms with van der Waals surface area (Å²) in [6.45, 7) is 3.84. The van der Waals surface area contributed by atoms with Crippen molar-refractivity contribution >= 4 is 5.91 Å². The van der Waals surface area contributed by atoms with Gasteiger partial charge in [0.05, 0.1) is 17.3 Å². The molecule has 1 atom stereocenters. The predicted octanol–water partition coefficient (Wildman–Crippen LogP) is 2.28. The number of carbonyl (C=O) groups excluding carboxylic acids is 1. The summed E-state index contributed by atoms with van der Waals surface area (Å²) in [5.74, 6) is -0.116. The summed E-state index contributed by atoms with van der Waals surface area (Å²) in [5.41, 5.74) is 3.26. The van der Waals surface area contributed by atoms with Gasteiger partial charge in [0.1, 0.15) is 0 Å². The predicted molar refractivity (Wildman–Crippen MR) is 85.7 cm³/mol. The van der Waals surface area contributed by atoms with E-state index in [1.807, 2.05) is 51.2 Å². The fourth-order valence-corrected chi connectivity index (χ4v) is 2.64. The van der Waals surface area contributed by atoms with Crippen LogP contribution in [0.5, 0.6) is 0 Å². The van der Waals surface area contributed by atoms with E-state index >= 15 is 0 Å². The maximum absolute atomic E-state index is 12.6. The Hall–Kier alpha value is -2.14. The monoisotopic (exact) mass is 301 g/mol. The lowest BCUT2D eigenvalue weighted by Gasteiger charge is -2.19. The second-order valence-corrected chi connectivity index (χ2v) is 5.47. The molecule has 22 heavy (non-hydrogen) atoms. The third-order valence-electron chi connectivity index (χ3n) is 3.89. The lowest BCUT2D eigenvalue weighted by Crippen LogP contribution is -2.29. The number of nitrogens with zero attached hydrogens (tertiary/aromatic N) is 2. The summed E-state index contributed by atoms with van der Waals surface area (Å²) in [5, 5.41) is 16.4. The molecule has 0 aliphatic heterocycles. The first-order valence-corrected chi connectivity index (χ1v) is 7.51. The van der Waals surface area contributed by atoms with E-state index in [1.54, 1.807) is 4.68 Å². The zero-order chi connectivity index (χ0) is 16.1. The number of hydrogen-bond donors (Lipinski definition) is 2. The Labute approximate surface area is 131 Å². The fraction of sp³-hybridized carbons (Fsp3) is 0.412. The minimum absolute atomic E-state index is 0.111. The third kappa shape index (κ3) is 3.54. The van der Waals surface area contributed by atoms with Gasteiger partial charge in [0, 0.05) is 19.3 Å². The van der Waals surface area contributed by atoms with Gasteiger partial charge in [-0.3, -0.25) is 9.48 Å². The molecule has 1 aromatic carbocycles. The minimum atomic E-state index is -0.116. The van der Waals surface area contributed by atoms with Gasteiger partial charge in [-0.2, -0.15) is 5.10 Å². The van der Waals surface area contributed by atoms with Crippen molar-refractivity contribution in [3.63, 3.8) is 0 Å². The maximum atomic E-state index is 12.6. The number of aromatic nitrogens is 2. The highest BCUT2D eigenvalue weighted by atomic mass is 16.3. The first-order chi connectivity index (χ1) is 10.5. The molecule has 0 saturated carbocycles. The van der Waals surface area contributed by atoms with Crippen LogP contribution in [-0.4, -0.2) is 27.4 Å². The normalized spacial score (nSPS) is 12.2. The number of hydrogen-bond acceptors (Lipinski definition) is 3. The van der Waals surface area contributed by atoms with Crippen molar-refractivity contribution in [3.05, 3.63) is 52.8 Å². The van der Waals surface area contributed by atoms with Crippen LogP contribution < -0.4 is 5.32 Å². The molecule has 0 bridgehead atoms. The van der Waals surface area contributed by atoms with Gasteiger partial charge in [-0.05, 0) is 32.3 Å². The van der Waals surface area contributed by atoms with Gasteiger partial charge in [-0.15, -0.1) is 0 Å². The van der Waals surface area contributed by atoms with Crippen LogP contribution in [0.1, 0.15) is 46.2 Å². The van der Waals surface area contributed by atoms with E-state index in [2.05, 4.69) is 10.4 Å². The summed E-state index contributed by atoms with van der Waals surface area (Å²) < 4.78 is 1.72. The van der Waals surface area contributed by atoms with Crippen LogP contribution in [0.2, 0.25) is 0 Å². The summed E-state index contributed by atoms with van der Waals surface area (Å²) in [7, 11) is 1.83. The molecular weight excluding hydrogens is 278 g/mol. The Kier molecular flexibility index (Phi) is 5.33. The van der Waals surface area contributed by atoms with Crippen LogP contribution in [0, 0.1) is 13.8 Å². The van der Waals surface area contributed by atoms with Gasteiger partial charge < -0.3 is 10.4 Å². The third-order valence-corrected chi connectivity index (χ3v) is 3.89. The molecule has 118 valence electrons. The highest BCUT2D eigenvalue weighted by Gasteiger charge is 2.21. The largest absolute Gasteiger partial charge is 0.396 e. The van der Waals surface area contributed by atoms with Crippen molar-refractivity contribution in [2.45, 2.75) is 32.7 Å². The van der Waals surface area contributed by atoms with Crippen LogP contribution >= 0.6 is 0 Å². The van der Waals surface area contributed by atoms with Crippen LogP contribution in [0.4, 0.5) is 0 Å². The summed E-state index contributed by atoms with van der Waals surface area (Å²) >= 11 is 0. The van der Waals surface area contributed by atoms with E-state index in [0.717, 1.165) is 17.0 Å². The molecule has 1 amide bonds. The van der Waals surface area contributed by atoms with Crippen LogP contribution in [-0.2, 0) is 7.05 Å². The van der Waals surface area contributed by atoms with Gasteiger partial charge in [0.25, 0.3) is 5.91 Å². The second-order valence-electron chi connectivity index (χ2n) is 5.47. The Morgan fingerprint density at radius 3 is 2.55 bits per heavy atom. The van der Waals surface area contributed by atoms with E-state index in [4.69, 9.17) is 5.11 Å². The number of amides is 1. The van der Waals surface area contributed by atoms with Gasteiger partial charge in [0.2, 0.25) is 0 Å². The molecule has 0 aliphatic rings. The Bertz CT molecular complexity index is 635. The summed E-state index contributed by atoms with van der Waals surface area (Å²) in [4.78, 5) is 12.6. The zero-order valence-electron chi connectivity index (χ0n) is 13.3. The van der Waals surface area contributed by atoms with E-state index in [-0.39, 0.29) is 18.6 Å². The minimum Gasteiger partial charge on any atom is -0.396 e. The number of carbonyl (C=O) groups is 1. The number of aryl methyl sites for hydroxylation is 2. The molecule has 0 radical (unpaired) electrons. The smallest absolute Gasteiger partial charge is 0.255 e. The zero-order valence-corrected chi connectivity index (χ0v) is 13.3. The number of rotatable bonds is 6. The van der Waals surface area contributed by atoms with Crippen LogP contribution in [0.15, 0.2) is 30.3 Å². The van der Waals surface area contributed by atoms with Crippen LogP contribution in [0.25, 0.3) is 0 Å². The molecule has 1 unspecified atom stereocenters. The molecule has 1 aromatic heterocycles. The first kappa shape index (κ1) is 16.2. The lowest BCUT2D eigenvalue weighted by molar-refractivity contribution is 0.0931. The number of aliphatic hydroxyl groups is 1. The van der Waals surface area contributed by atoms with Crippen molar-refractivity contribution in [2.24, 2.45) is 7.05 Å². The summed E-state index contributed by atoms with van der Waals surface area (Å²) in [6, 6.07) is 9.72. The lowest BCUT2D eigenvalue weighted by atomic mass is 10.0. The first-order valence-electron chi connectivity index (χ1n) is 7.51. The van der Waals surface area contributed by atoms with Crippen LogP contribution in [0.3, 0.4) is 0 Å². The van der Waals surface area contributed by atoms with Crippen molar-refractivity contribution in [2.75, 3.05) is 6.61 Å². The molecule has 0 saturated heterocycles. The molecule has 2 N–H and O–H groups in total. The highest BCUT2D eigenvalue weighted by Crippen LogP contribution is 2.20. The molecule has 5 heteroatoms. The van der Waals surface area contributed by atoms with Crippen molar-refractivity contribution in [3.8, 4) is 0 Å². The van der Waals surface area contributed by atoms with Gasteiger partial charge in [0.15, 0.2) is 0 Å². The molecule has 0 aliphatic carbocycles. The Morgan fingerprint density at radius 2 is 2.00 bits per heavy atom. The SMILES string of the molecule is Cc1nn(C)c(C)c1C(=O)NC(CCCO)c1ccccc1. The van der Waals surface area contributed by atoms with E-state index in [1.165, 1.54) is 0 Å². The Balaban J connectivity index is 2.21. The summed E-state index contributed by atoms with van der Waals surface area (Å²) in [6.07, 6.45) is 1.34. The topological polar surface area (TPSA) is 67.2 Å². The fourth-order valence-electron chi connectivity index (χ4n) is 2.64. The van der Waals surface area contributed by atoms with Crippen molar-refractivity contribution in [1.29, 1.82) is 0 Å². The average molecular weight is 301 g/mol. The van der Waals surface area contributed by atoms with Gasteiger partial charge >= 0.3 is 0 Å². The molecule has 1 heterocycles. The van der Waals surface area contributed by atoms with Gasteiger partial charge in [-0.25, -0.2) is 0 Å². The Morgan fingerprint density at radius 1 is 1.32 bits per heavy atom. The van der Waals surface area contributed by atoms with E-state index in [9.17, 15) is 4.79 Å². The average Bonchev–Trinajstić information content (AvgIpc) is 2.77. The molecule has 0 fully saturated rings. The number of nitrogens with one attached hydrogen (secondary N) is 1. The highest BCUT2D eigenvalue weighted by molar-refractivity contribution is 5.96. The van der Waals surface area contributed by atoms with E-state index < -0.39 is 0 Å². The standard InChI is InChI=1S/C17H23N3O2/c1-12-16(13(2)20(3)19-12)17(22)18-15(10-7-11-21)14-8-5-4-6-9-14/h4-6,8-9,15,21H,7,10-11H2,1-3H3,(H,18,22). The molecule has 2 aromatic rings. The maximum Gasteiger partial charge on any atom is 0.255 e. The van der Waals surface area contributed by atoms with Crippen molar-refractivity contribution < 1.29 is 9.90 Å². The number of aliphatic hydroxyl groups excluding tert-OH is 1. The van der Waals surface area contributed by atoms with Crippen molar-refractivity contribution in [1.82, 2.24) is 15.1 Å². The molecular formula is C17H23N3O2. The quantitative estimate of drug-likeness (QED) is 0.860. The van der Waals surface area contributed by atoms with Gasteiger partial charge in [-0.1, -0.05) is 30.3 Å². The second kappa shape index (κ2) is 7.22. The van der Waals surface area contributed by atoms with E-state index in [0.29, 0.717) is 18.4 Å². The molecule has 0 spiro atoms. The molecule has 2 rings (SSSR count).